The Bertz CT molecular complexity index is 1010. The van der Waals surface area contributed by atoms with E-state index in [-0.39, 0.29) is 36.3 Å². The highest BCUT2D eigenvalue weighted by molar-refractivity contribution is 5.93. The lowest BCUT2D eigenvalue weighted by atomic mass is 10.2. The number of benzene rings is 2. The first-order chi connectivity index (χ1) is 15.0. The molecule has 0 saturated carbocycles. The Morgan fingerprint density at radius 3 is 2.22 bits per heavy atom. The van der Waals surface area contributed by atoms with Crippen LogP contribution in [0.1, 0.15) is 24.8 Å². The number of anilines is 2. The van der Waals surface area contributed by atoms with E-state index in [2.05, 4.69) is 10.6 Å². The smallest absolute Gasteiger partial charge is 0.416 e. The summed E-state index contributed by atoms with van der Waals surface area (Å²) >= 11 is 0. The molecule has 170 valence electrons. The number of carbonyl (C=O) groups excluding carboxylic acids is 3. The third-order valence-electron chi connectivity index (χ3n) is 3.96. The summed E-state index contributed by atoms with van der Waals surface area (Å²) in [7, 11) is 0. The maximum absolute atomic E-state index is 12.7. The number of ether oxygens (including phenoxy) is 1. The van der Waals surface area contributed by atoms with Crippen LogP contribution in [0, 0.1) is 10.1 Å². The average Bonchev–Trinajstić information content (AvgIpc) is 2.72. The Balaban J connectivity index is 1.70. The van der Waals surface area contributed by atoms with Crippen molar-refractivity contribution in [1.29, 1.82) is 0 Å². The van der Waals surface area contributed by atoms with Crippen molar-refractivity contribution < 1.29 is 37.2 Å². The minimum absolute atomic E-state index is 0.0752. The second kappa shape index (κ2) is 10.9. The van der Waals surface area contributed by atoms with Gasteiger partial charge in [0.25, 0.3) is 11.6 Å². The molecule has 0 aliphatic rings. The summed E-state index contributed by atoms with van der Waals surface area (Å²) in [5, 5.41) is 15.4. The summed E-state index contributed by atoms with van der Waals surface area (Å²) in [5.41, 5.74) is -0.984. The third kappa shape index (κ3) is 8.05. The van der Waals surface area contributed by atoms with Crippen molar-refractivity contribution in [2.24, 2.45) is 0 Å². The van der Waals surface area contributed by atoms with Gasteiger partial charge >= 0.3 is 12.1 Å². The zero-order valence-electron chi connectivity index (χ0n) is 16.5. The summed E-state index contributed by atoms with van der Waals surface area (Å²) in [6.45, 7) is -0.699. The Kier molecular flexibility index (Phi) is 8.27. The topological polar surface area (TPSA) is 128 Å². The number of non-ortho nitro benzene ring substituents is 1. The number of esters is 1. The largest absolute Gasteiger partial charge is 0.456 e. The van der Waals surface area contributed by atoms with Crippen LogP contribution < -0.4 is 10.6 Å². The van der Waals surface area contributed by atoms with Gasteiger partial charge in [-0.3, -0.25) is 24.5 Å². The summed E-state index contributed by atoms with van der Waals surface area (Å²) in [6.07, 6.45) is -4.73. The van der Waals surface area contributed by atoms with Crippen molar-refractivity contribution in [2.45, 2.75) is 25.4 Å². The molecule has 12 heteroatoms. The van der Waals surface area contributed by atoms with E-state index >= 15 is 0 Å². The number of halogens is 3. The molecule has 9 nitrogen and oxygen atoms in total. The minimum Gasteiger partial charge on any atom is -0.456 e. The number of nitrogens with one attached hydrogen (secondary N) is 2. The molecule has 0 aliphatic heterocycles. The number of amides is 2. The van der Waals surface area contributed by atoms with Crippen LogP contribution in [0.2, 0.25) is 0 Å². The van der Waals surface area contributed by atoms with Crippen molar-refractivity contribution in [3.63, 3.8) is 0 Å². The Morgan fingerprint density at radius 1 is 0.938 bits per heavy atom. The number of hydrogen-bond acceptors (Lipinski definition) is 6. The van der Waals surface area contributed by atoms with Crippen molar-refractivity contribution in [1.82, 2.24) is 0 Å². The van der Waals surface area contributed by atoms with Crippen LogP contribution >= 0.6 is 0 Å². The van der Waals surface area contributed by atoms with E-state index < -0.39 is 41.1 Å². The number of nitro groups is 1. The van der Waals surface area contributed by atoms with Gasteiger partial charge in [-0.15, -0.1) is 0 Å². The highest BCUT2D eigenvalue weighted by Gasteiger charge is 2.30. The highest BCUT2D eigenvalue weighted by Crippen LogP contribution is 2.30. The maximum atomic E-state index is 12.7. The molecule has 32 heavy (non-hydrogen) atoms. The Hall–Kier alpha value is -3.96. The van der Waals surface area contributed by atoms with Crippen LogP contribution in [0.4, 0.5) is 30.2 Å². The summed E-state index contributed by atoms with van der Waals surface area (Å²) < 4.78 is 42.7. The second-order valence-corrected chi connectivity index (χ2v) is 6.50. The van der Waals surface area contributed by atoms with Crippen LogP contribution in [0.3, 0.4) is 0 Å². The van der Waals surface area contributed by atoms with Gasteiger partial charge in [0.2, 0.25) is 5.91 Å². The molecule has 0 atom stereocenters. The number of alkyl halides is 3. The van der Waals surface area contributed by atoms with Crippen LogP contribution in [0.15, 0.2) is 48.5 Å². The molecule has 2 N–H and O–H groups in total. The van der Waals surface area contributed by atoms with Gasteiger partial charge in [-0.1, -0.05) is 12.1 Å². The van der Waals surface area contributed by atoms with Crippen LogP contribution in [0.5, 0.6) is 0 Å². The van der Waals surface area contributed by atoms with Crippen molar-refractivity contribution in [3.8, 4) is 0 Å². The summed E-state index contributed by atoms with van der Waals surface area (Å²) in [4.78, 5) is 45.4. The summed E-state index contributed by atoms with van der Waals surface area (Å²) in [6, 6.07) is 9.34. The molecule has 0 fully saturated rings. The number of rotatable bonds is 9. The zero-order chi connectivity index (χ0) is 23.7. The molecule has 2 aromatic rings. The predicted octanol–water partition coefficient (Wildman–Crippen LogP) is 3.90. The zero-order valence-corrected chi connectivity index (χ0v) is 16.5. The third-order valence-corrected chi connectivity index (χ3v) is 3.96. The number of nitrogens with zero attached hydrogens (tertiary/aromatic N) is 1. The molecule has 2 amide bonds. The quantitative estimate of drug-likeness (QED) is 0.337. The van der Waals surface area contributed by atoms with E-state index in [1.807, 2.05) is 0 Å². The normalized spacial score (nSPS) is 10.8. The van der Waals surface area contributed by atoms with Crippen LogP contribution in [-0.4, -0.2) is 29.3 Å². The molecular weight excluding hydrogens is 435 g/mol. The van der Waals surface area contributed by atoms with Gasteiger partial charge < -0.3 is 15.4 Å². The Labute approximate surface area is 179 Å². The fourth-order valence-corrected chi connectivity index (χ4v) is 2.50. The lowest BCUT2D eigenvalue weighted by Crippen LogP contribution is -2.21. The molecule has 0 aliphatic carbocycles. The SMILES string of the molecule is O=C(CCCC(=O)OCC(=O)Nc1cccc(C(F)(F)F)c1)Nc1cccc([N+](=O)[O-])c1. The summed E-state index contributed by atoms with van der Waals surface area (Å²) in [5.74, 6) is -2.06. The fourth-order valence-electron chi connectivity index (χ4n) is 2.50. The number of hydrogen-bond donors (Lipinski definition) is 2. The van der Waals surface area contributed by atoms with Gasteiger partial charge in [0.15, 0.2) is 6.61 Å². The van der Waals surface area contributed by atoms with E-state index in [1.165, 1.54) is 30.3 Å². The average molecular weight is 453 g/mol. The van der Waals surface area contributed by atoms with E-state index in [4.69, 9.17) is 4.74 Å². The van der Waals surface area contributed by atoms with Crippen molar-refractivity contribution >= 4 is 34.8 Å². The van der Waals surface area contributed by atoms with Gasteiger partial charge in [0, 0.05) is 36.3 Å². The predicted molar refractivity (Wildman–Crippen MR) is 107 cm³/mol. The van der Waals surface area contributed by atoms with Crippen molar-refractivity contribution in [3.05, 3.63) is 64.2 Å². The van der Waals surface area contributed by atoms with Crippen LogP contribution in [-0.2, 0) is 25.3 Å². The van der Waals surface area contributed by atoms with Crippen molar-refractivity contribution in [2.75, 3.05) is 17.2 Å². The van der Waals surface area contributed by atoms with Gasteiger partial charge in [-0.2, -0.15) is 13.2 Å². The number of nitro benzene ring substituents is 1. The van der Waals surface area contributed by atoms with Gasteiger partial charge in [0.05, 0.1) is 10.5 Å². The molecule has 0 bridgehead atoms. The minimum atomic E-state index is -4.56. The van der Waals surface area contributed by atoms with E-state index in [1.54, 1.807) is 0 Å². The maximum Gasteiger partial charge on any atom is 0.416 e. The van der Waals surface area contributed by atoms with Gasteiger partial charge in [0.1, 0.15) is 0 Å². The first-order valence-corrected chi connectivity index (χ1v) is 9.21. The Morgan fingerprint density at radius 2 is 1.56 bits per heavy atom. The molecule has 0 unspecified atom stereocenters. The van der Waals surface area contributed by atoms with E-state index in [0.717, 1.165) is 18.2 Å². The molecule has 2 aromatic carbocycles. The molecular formula is C20H18F3N3O6. The first-order valence-electron chi connectivity index (χ1n) is 9.21. The lowest BCUT2D eigenvalue weighted by Gasteiger charge is -2.10. The molecule has 0 heterocycles. The molecule has 0 radical (unpaired) electrons. The van der Waals surface area contributed by atoms with E-state index in [0.29, 0.717) is 0 Å². The first kappa shape index (κ1) is 24.3. The molecule has 2 rings (SSSR count). The fraction of sp³-hybridized carbons (Fsp3) is 0.250. The highest BCUT2D eigenvalue weighted by atomic mass is 19.4. The van der Waals surface area contributed by atoms with E-state index in [9.17, 15) is 37.7 Å². The second-order valence-electron chi connectivity index (χ2n) is 6.50. The molecule has 0 saturated heterocycles. The van der Waals surface area contributed by atoms with Gasteiger partial charge in [-0.05, 0) is 30.7 Å². The monoisotopic (exact) mass is 453 g/mol. The lowest BCUT2D eigenvalue weighted by molar-refractivity contribution is -0.384. The van der Waals surface area contributed by atoms with Crippen LogP contribution in [0.25, 0.3) is 0 Å². The molecule has 0 aromatic heterocycles. The number of carbonyl (C=O) groups is 3. The van der Waals surface area contributed by atoms with Gasteiger partial charge in [-0.25, -0.2) is 0 Å². The molecule has 0 spiro atoms. The standard InChI is InChI=1S/C20H18F3N3O6/c21-20(22,23)13-4-1-5-14(10-13)25-18(28)12-32-19(29)9-3-8-17(27)24-15-6-2-7-16(11-15)26(30)31/h1-2,4-7,10-11H,3,8-9,12H2,(H,24,27)(H,25,28).